The molecule has 0 saturated carbocycles. The number of rotatable bonds is 4. The normalized spacial score (nSPS) is 10.6. The predicted molar refractivity (Wildman–Crippen MR) is 77.3 cm³/mol. The smallest absolute Gasteiger partial charge is 0.305 e. The highest BCUT2D eigenvalue weighted by Gasteiger charge is 2.13. The van der Waals surface area contributed by atoms with Crippen LogP contribution >= 0.6 is 11.8 Å². The SMILES string of the molecule is Cc1ccc(-c2nnc(Sc3ncc([N+](=O)[O-])cn3)o2)cc1. The first-order chi connectivity index (χ1) is 10.6. The molecule has 0 N–H and O–H groups in total. The molecular weight excluding hydrogens is 306 g/mol. The molecule has 0 radical (unpaired) electrons. The van der Waals surface area contributed by atoms with Crippen LogP contribution < -0.4 is 0 Å². The Morgan fingerprint density at radius 1 is 1.14 bits per heavy atom. The third-order valence-electron chi connectivity index (χ3n) is 2.71. The number of aromatic nitrogens is 4. The lowest BCUT2D eigenvalue weighted by molar-refractivity contribution is -0.385. The zero-order chi connectivity index (χ0) is 15.5. The summed E-state index contributed by atoms with van der Waals surface area (Å²) in [6.07, 6.45) is 2.26. The van der Waals surface area contributed by atoms with Crippen LogP contribution in [0.15, 0.2) is 51.5 Å². The van der Waals surface area contributed by atoms with Crippen molar-refractivity contribution >= 4 is 17.4 Å². The maximum absolute atomic E-state index is 10.5. The van der Waals surface area contributed by atoms with Gasteiger partial charge in [-0.2, -0.15) is 0 Å². The average Bonchev–Trinajstić information content (AvgIpc) is 2.97. The van der Waals surface area contributed by atoms with Gasteiger partial charge in [0, 0.05) is 17.3 Å². The van der Waals surface area contributed by atoms with Crippen molar-refractivity contribution in [2.75, 3.05) is 0 Å². The summed E-state index contributed by atoms with van der Waals surface area (Å²) in [4.78, 5) is 17.7. The Balaban J connectivity index is 1.76. The van der Waals surface area contributed by atoms with Gasteiger partial charge in [0.05, 0.1) is 4.92 Å². The van der Waals surface area contributed by atoms with E-state index in [-0.39, 0.29) is 10.9 Å². The summed E-state index contributed by atoms with van der Waals surface area (Å²) in [7, 11) is 0. The zero-order valence-electron chi connectivity index (χ0n) is 11.3. The molecule has 22 heavy (non-hydrogen) atoms. The van der Waals surface area contributed by atoms with Gasteiger partial charge >= 0.3 is 5.69 Å². The second-order valence-corrected chi connectivity index (χ2v) is 5.24. The van der Waals surface area contributed by atoms with Crippen LogP contribution in [0.4, 0.5) is 5.69 Å². The molecule has 3 rings (SSSR count). The van der Waals surface area contributed by atoms with E-state index in [2.05, 4.69) is 20.2 Å². The molecule has 0 unspecified atom stereocenters. The largest absolute Gasteiger partial charge is 0.411 e. The van der Waals surface area contributed by atoms with Crippen molar-refractivity contribution in [3.8, 4) is 11.5 Å². The van der Waals surface area contributed by atoms with Crippen LogP contribution in [0.25, 0.3) is 11.5 Å². The Hall–Kier alpha value is -2.81. The van der Waals surface area contributed by atoms with E-state index in [4.69, 9.17) is 4.42 Å². The Morgan fingerprint density at radius 3 is 2.45 bits per heavy atom. The van der Waals surface area contributed by atoms with Crippen LogP contribution in [0, 0.1) is 17.0 Å². The Kier molecular flexibility index (Phi) is 3.79. The maximum Gasteiger partial charge on any atom is 0.305 e. The van der Waals surface area contributed by atoms with Gasteiger partial charge in [0.25, 0.3) is 5.22 Å². The van der Waals surface area contributed by atoms with Crippen molar-refractivity contribution in [2.45, 2.75) is 17.3 Å². The first-order valence-corrected chi connectivity index (χ1v) is 6.98. The molecular formula is C13H9N5O3S. The van der Waals surface area contributed by atoms with E-state index in [1.807, 2.05) is 31.2 Å². The van der Waals surface area contributed by atoms with E-state index in [1.54, 1.807) is 0 Å². The van der Waals surface area contributed by atoms with Gasteiger partial charge in [-0.1, -0.05) is 17.7 Å². The molecule has 9 heteroatoms. The topological polar surface area (TPSA) is 108 Å². The Labute approximate surface area is 128 Å². The molecule has 0 aliphatic rings. The van der Waals surface area contributed by atoms with Crippen LogP contribution in [0.1, 0.15) is 5.56 Å². The molecule has 0 fully saturated rings. The van der Waals surface area contributed by atoms with E-state index in [0.717, 1.165) is 35.3 Å². The summed E-state index contributed by atoms with van der Waals surface area (Å²) in [5.74, 6) is 0.393. The number of hydrogen-bond donors (Lipinski definition) is 0. The second-order valence-electron chi connectivity index (χ2n) is 4.32. The number of nitrogens with zero attached hydrogens (tertiary/aromatic N) is 5. The number of nitro groups is 1. The summed E-state index contributed by atoms with van der Waals surface area (Å²) in [6.45, 7) is 1.99. The molecule has 3 aromatic rings. The second kappa shape index (κ2) is 5.90. The quantitative estimate of drug-likeness (QED) is 0.411. The number of benzene rings is 1. The molecule has 110 valence electrons. The molecule has 2 heterocycles. The van der Waals surface area contributed by atoms with Gasteiger partial charge in [-0.3, -0.25) is 10.1 Å². The summed E-state index contributed by atoms with van der Waals surface area (Å²) < 4.78 is 5.52. The summed E-state index contributed by atoms with van der Waals surface area (Å²) in [5, 5.41) is 19.0. The van der Waals surface area contributed by atoms with Crippen LogP contribution in [0.3, 0.4) is 0 Å². The summed E-state index contributed by atoms with van der Waals surface area (Å²) in [5.41, 5.74) is 1.78. The third kappa shape index (κ3) is 3.09. The van der Waals surface area contributed by atoms with Crippen molar-refractivity contribution in [3.05, 3.63) is 52.3 Å². The van der Waals surface area contributed by atoms with E-state index in [1.165, 1.54) is 0 Å². The van der Waals surface area contributed by atoms with Gasteiger partial charge in [0.15, 0.2) is 5.16 Å². The highest BCUT2D eigenvalue weighted by Crippen LogP contribution is 2.27. The van der Waals surface area contributed by atoms with E-state index < -0.39 is 4.92 Å². The Morgan fingerprint density at radius 2 is 1.82 bits per heavy atom. The molecule has 0 aliphatic carbocycles. The molecule has 8 nitrogen and oxygen atoms in total. The van der Waals surface area contributed by atoms with Gasteiger partial charge in [0.1, 0.15) is 12.4 Å². The molecule has 0 spiro atoms. The molecule has 0 saturated heterocycles. The van der Waals surface area contributed by atoms with Crippen LogP contribution in [0.5, 0.6) is 0 Å². The number of hydrogen-bond acceptors (Lipinski definition) is 8. The molecule has 0 bridgehead atoms. The Bertz CT molecular complexity index is 801. The minimum absolute atomic E-state index is 0.171. The molecule has 0 amide bonds. The van der Waals surface area contributed by atoms with Crippen molar-refractivity contribution in [2.24, 2.45) is 0 Å². The van der Waals surface area contributed by atoms with Crippen molar-refractivity contribution in [3.63, 3.8) is 0 Å². The lowest BCUT2D eigenvalue weighted by Crippen LogP contribution is -1.92. The van der Waals surface area contributed by atoms with E-state index in [0.29, 0.717) is 11.0 Å². The number of aryl methyl sites for hydroxylation is 1. The van der Waals surface area contributed by atoms with Crippen LogP contribution in [-0.2, 0) is 0 Å². The lowest BCUT2D eigenvalue weighted by Gasteiger charge is -1.95. The first-order valence-electron chi connectivity index (χ1n) is 6.16. The predicted octanol–water partition coefficient (Wildman–Crippen LogP) is 2.89. The zero-order valence-corrected chi connectivity index (χ0v) is 12.1. The summed E-state index contributed by atoms with van der Waals surface area (Å²) >= 11 is 1.04. The average molecular weight is 315 g/mol. The lowest BCUT2D eigenvalue weighted by atomic mass is 10.1. The molecule has 1 aromatic carbocycles. The molecule has 2 aromatic heterocycles. The molecule has 0 aliphatic heterocycles. The monoisotopic (exact) mass is 315 g/mol. The van der Waals surface area contributed by atoms with Crippen LogP contribution in [0.2, 0.25) is 0 Å². The van der Waals surface area contributed by atoms with E-state index in [9.17, 15) is 10.1 Å². The fourth-order valence-electron chi connectivity index (χ4n) is 1.60. The van der Waals surface area contributed by atoms with Gasteiger partial charge in [-0.25, -0.2) is 9.97 Å². The minimum Gasteiger partial charge on any atom is -0.411 e. The van der Waals surface area contributed by atoms with Crippen molar-refractivity contribution in [1.29, 1.82) is 0 Å². The van der Waals surface area contributed by atoms with Crippen LogP contribution in [-0.4, -0.2) is 25.1 Å². The van der Waals surface area contributed by atoms with E-state index >= 15 is 0 Å². The van der Waals surface area contributed by atoms with Crippen molar-refractivity contribution in [1.82, 2.24) is 20.2 Å². The summed E-state index contributed by atoms with van der Waals surface area (Å²) in [6, 6.07) is 7.68. The van der Waals surface area contributed by atoms with Gasteiger partial charge < -0.3 is 4.42 Å². The fourth-order valence-corrected chi connectivity index (χ4v) is 2.17. The first kappa shape index (κ1) is 14.1. The highest BCUT2D eigenvalue weighted by atomic mass is 32.2. The van der Waals surface area contributed by atoms with Gasteiger partial charge in [-0.15, -0.1) is 10.2 Å². The highest BCUT2D eigenvalue weighted by molar-refractivity contribution is 7.98. The molecule has 0 atom stereocenters. The van der Waals surface area contributed by atoms with Crippen molar-refractivity contribution < 1.29 is 9.34 Å². The maximum atomic E-state index is 10.5. The van der Waals surface area contributed by atoms with Gasteiger partial charge in [0.2, 0.25) is 5.89 Å². The third-order valence-corrected chi connectivity index (χ3v) is 3.44. The standard InChI is InChI=1S/C13H9N5O3S/c1-8-2-4-9(5-3-8)11-16-17-13(21-11)22-12-14-6-10(7-15-12)18(19)20/h2-7H,1H3. The minimum atomic E-state index is -0.559. The van der Waals surface area contributed by atoms with Gasteiger partial charge in [-0.05, 0) is 19.1 Å². The fraction of sp³-hybridized carbons (Fsp3) is 0.0769.